The highest BCUT2D eigenvalue weighted by atomic mass is 32.2. The molecule has 0 saturated heterocycles. The predicted octanol–water partition coefficient (Wildman–Crippen LogP) is 0.437. The maximum Gasteiger partial charge on any atom is 0.342 e. The molecule has 74 valence electrons. The third kappa shape index (κ3) is 1.41. The van der Waals surface area contributed by atoms with Gasteiger partial charge in [0.15, 0.2) is 5.16 Å². The summed E-state index contributed by atoms with van der Waals surface area (Å²) in [5.41, 5.74) is -0.703. The summed E-state index contributed by atoms with van der Waals surface area (Å²) in [6.45, 7) is 0.565. The molecule has 0 aromatic carbocycles. The normalized spacial score (nSPS) is 14.9. The maximum absolute atomic E-state index is 11.6. The molecule has 5 nitrogen and oxygen atoms in total. The lowest BCUT2D eigenvalue weighted by Gasteiger charge is -2.15. The molecule has 1 N–H and O–H groups in total. The summed E-state index contributed by atoms with van der Waals surface area (Å²) in [4.78, 5) is 26.2. The first-order valence-corrected chi connectivity index (χ1v) is 5.14. The van der Waals surface area contributed by atoms with Crippen LogP contribution < -0.4 is 5.56 Å². The van der Waals surface area contributed by atoms with Crippen LogP contribution in [0, 0.1) is 0 Å². The molecular formula is C8H8N2O3S. The number of aromatic nitrogens is 2. The van der Waals surface area contributed by atoms with Crippen LogP contribution in [0.4, 0.5) is 0 Å². The second-order valence-electron chi connectivity index (χ2n) is 2.92. The van der Waals surface area contributed by atoms with Gasteiger partial charge in [0.25, 0.3) is 5.56 Å². The molecule has 0 bridgehead atoms. The summed E-state index contributed by atoms with van der Waals surface area (Å²) in [5, 5.41) is 9.32. The number of hydrogen-bond acceptors (Lipinski definition) is 4. The molecule has 0 unspecified atom stereocenters. The molecule has 0 saturated carbocycles. The van der Waals surface area contributed by atoms with Crippen LogP contribution in [0.5, 0.6) is 0 Å². The Morgan fingerprint density at radius 1 is 1.64 bits per heavy atom. The van der Waals surface area contributed by atoms with Gasteiger partial charge in [0.1, 0.15) is 5.56 Å². The van der Waals surface area contributed by atoms with Crippen molar-refractivity contribution in [2.75, 3.05) is 5.75 Å². The van der Waals surface area contributed by atoms with Crippen molar-refractivity contribution >= 4 is 17.7 Å². The van der Waals surface area contributed by atoms with Crippen LogP contribution in [-0.2, 0) is 6.54 Å². The van der Waals surface area contributed by atoms with Gasteiger partial charge < -0.3 is 5.11 Å². The minimum absolute atomic E-state index is 0.253. The van der Waals surface area contributed by atoms with E-state index in [2.05, 4.69) is 4.98 Å². The Bertz CT molecular complexity index is 441. The number of carboxylic acid groups (broad SMARTS) is 1. The van der Waals surface area contributed by atoms with Gasteiger partial charge >= 0.3 is 5.97 Å². The lowest BCUT2D eigenvalue weighted by atomic mass is 10.3. The number of hydrogen-bond donors (Lipinski definition) is 1. The van der Waals surface area contributed by atoms with E-state index in [0.717, 1.165) is 18.4 Å². The van der Waals surface area contributed by atoms with Gasteiger partial charge in [-0.3, -0.25) is 9.36 Å². The van der Waals surface area contributed by atoms with Gasteiger partial charge in [-0.25, -0.2) is 9.78 Å². The van der Waals surface area contributed by atoms with Crippen molar-refractivity contribution in [1.29, 1.82) is 0 Å². The van der Waals surface area contributed by atoms with E-state index in [9.17, 15) is 9.59 Å². The fourth-order valence-electron chi connectivity index (χ4n) is 1.32. The third-order valence-corrected chi connectivity index (χ3v) is 3.07. The predicted molar refractivity (Wildman–Crippen MR) is 50.8 cm³/mol. The average molecular weight is 212 g/mol. The topological polar surface area (TPSA) is 72.2 Å². The molecule has 1 aromatic rings. The summed E-state index contributed by atoms with van der Waals surface area (Å²) in [6.07, 6.45) is 2.01. The number of thioether (sulfide) groups is 1. The summed E-state index contributed by atoms with van der Waals surface area (Å²) in [7, 11) is 0. The van der Waals surface area contributed by atoms with E-state index in [0.29, 0.717) is 11.7 Å². The van der Waals surface area contributed by atoms with Crippen LogP contribution in [-0.4, -0.2) is 26.4 Å². The van der Waals surface area contributed by atoms with Crippen molar-refractivity contribution in [3.8, 4) is 0 Å². The lowest BCUT2D eigenvalue weighted by molar-refractivity contribution is 0.0693. The fraction of sp³-hybridized carbons (Fsp3) is 0.375. The monoisotopic (exact) mass is 212 g/mol. The van der Waals surface area contributed by atoms with Crippen LogP contribution in [0.25, 0.3) is 0 Å². The first kappa shape index (κ1) is 9.26. The highest BCUT2D eigenvalue weighted by Gasteiger charge is 2.17. The van der Waals surface area contributed by atoms with Crippen molar-refractivity contribution < 1.29 is 9.90 Å². The summed E-state index contributed by atoms with van der Waals surface area (Å²) >= 11 is 1.48. The number of carboxylic acids is 1. The Hall–Kier alpha value is -1.30. The number of nitrogens with zero attached hydrogens (tertiary/aromatic N) is 2. The van der Waals surface area contributed by atoms with Gasteiger partial charge in [-0.05, 0) is 6.42 Å². The second-order valence-corrected chi connectivity index (χ2v) is 3.98. The van der Waals surface area contributed by atoms with Crippen LogP contribution in [0.15, 0.2) is 16.1 Å². The largest absolute Gasteiger partial charge is 0.477 e. The molecule has 14 heavy (non-hydrogen) atoms. The Kier molecular flexibility index (Phi) is 2.28. The zero-order valence-electron chi connectivity index (χ0n) is 7.27. The molecule has 0 amide bonds. The number of aromatic carboxylic acids is 1. The first-order valence-electron chi connectivity index (χ1n) is 4.16. The highest BCUT2D eigenvalue weighted by Crippen LogP contribution is 2.20. The zero-order valence-corrected chi connectivity index (χ0v) is 8.08. The third-order valence-electron chi connectivity index (χ3n) is 2.00. The van der Waals surface area contributed by atoms with Crippen molar-refractivity contribution in [3.05, 3.63) is 22.1 Å². The lowest BCUT2D eigenvalue weighted by Crippen LogP contribution is -2.30. The van der Waals surface area contributed by atoms with E-state index in [1.54, 1.807) is 0 Å². The van der Waals surface area contributed by atoms with E-state index in [1.165, 1.54) is 16.3 Å². The Morgan fingerprint density at radius 3 is 3.14 bits per heavy atom. The van der Waals surface area contributed by atoms with Crippen LogP contribution >= 0.6 is 11.8 Å². The molecule has 0 aliphatic carbocycles. The molecule has 2 heterocycles. The van der Waals surface area contributed by atoms with Gasteiger partial charge in [-0.1, -0.05) is 11.8 Å². The quantitative estimate of drug-likeness (QED) is 0.684. The molecular weight excluding hydrogens is 204 g/mol. The van der Waals surface area contributed by atoms with Crippen LogP contribution in [0.1, 0.15) is 16.8 Å². The molecule has 1 aliphatic rings. The fourth-order valence-corrected chi connectivity index (χ4v) is 2.24. The van der Waals surface area contributed by atoms with Gasteiger partial charge in [-0.2, -0.15) is 0 Å². The standard InChI is InChI=1S/C8H8N2O3S/c11-6-5(7(12)13)4-9-8-10(6)2-1-3-14-8/h4H,1-3H2,(H,12,13). The molecule has 0 radical (unpaired) electrons. The Labute approximate surface area is 83.8 Å². The van der Waals surface area contributed by atoms with E-state index in [1.807, 2.05) is 0 Å². The molecule has 0 atom stereocenters. The Morgan fingerprint density at radius 2 is 2.43 bits per heavy atom. The van der Waals surface area contributed by atoms with Gasteiger partial charge in [0.2, 0.25) is 0 Å². The smallest absolute Gasteiger partial charge is 0.342 e. The first-order chi connectivity index (χ1) is 6.70. The summed E-state index contributed by atoms with van der Waals surface area (Å²) < 4.78 is 1.43. The zero-order chi connectivity index (χ0) is 10.1. The number of carbonyl (C=O) groups is 1. The van der Waals surface area contributed by atoms with Crippen molar-refractivity contribution in [1.82, 2.24) is 9.55 Å². The van der Waals surface area contributed by atoms with Crippen molar-refractivity contribution in [2.24, 2.45) is 0 Å². The molecule has 6 heteroatoms. The number of rotatable bonds is 1. The summed E-state index contributed by atoms with van der Waals surface area (Å²) in [6, 6.07) is 0. The highest BCUT2D eigenvalue weighted by molar-refractivity contribution is 7.99. The van der Waals surface area contributed by atoms with Crippen molar-refractivity contribution in [3.63, 3.8) is 0 Å². The molecule has 0 spiro atoms. The van der Waals surface area contributed by atoms with Gasteiger partial charge in [-0.15, -0.1) is 0 Å². The Balaban J connectivity index is 2.60. The molecule has 1 aliphatic heterocycles. The number of fused-ring (bicyclic) bond motifs is 1. The van der Waals surface area contributed by atoms with Gasteiger partial charge in [0.05, 0.1) is 0 Å². The minimum Gasteiger partial charge on any atom is -0.477 e. The average Bonchev–Trinajstić information content (AvgIpc) is 2.18. The molecule has 1 aromatic heterocycles. The summed E-state index contributed by atoms with van der Waals surface area (Å²) in [5.74, 6) is -0.285. The van der Waals surface area contributed by atoms with Crippen molar-refractivity contribution in [2.45, 2.75) is 18.1 Å². The van der Waals surface area contributed by atoms with Gasteiger partial charge in [0, 0.05) is 18.5 Å². The minimum atomic E-state index is -1.21. The maximum atomic E-state index is 11.6. The second kappa shape index (κ2) is 3.45. The molecule has 0 fully saturated rings. The molecule has 2 rings (SSSR count). The van der Waals surface area contributed by atoms with E-state index in [-0.39, 0.29) is 5.56 Å². The van der Waals surface area contributed by atoms with E-state index < -0.39 is 11.5 Å². The van der Waals surface area contributed by atoms with E-state index >= 15 is 0 Å². The van der Waals surface area contributed by atoms with E-state index in [4.69, 9.17) is 5.11 Å². The van der Waals surface area contributed by atoms with Crippen LogP contribution in [0.2, 0.25) is 0 Å². The SMILES string of the molecule is O=C(O)c1cnc2n(c1=O)CCCS2. The van der Waals surface area contributed by atoms with Crippen LogP contribution in [0.3, 0.4) is 0 Å².